The summed E-state index contributed by atoms with van der Waals surface area (Å²) in [5, 5.41) is 2.78. The minimum atomic E-state index is -0.449. The highest BCUT2D eigenvalue weighted by Crippen LogP contribution is 2.59. The molecule has 0 aromatic carbocycles. The summed E-state index contributed by atoms with van der Waals surface area (Å²) in [6.07, 6.45) is 2.77. The average molecular weight is 524 g/mol. The van der Waals surface area contributed by atoms with Gasteiger partial charge in [0.2, 0.25) is 0 Å². The van der Waals surface area contributed by atoms with Crippen LogP contribution >= 0.6 is 0 Å². The quantitative estimate of drug-likeness (QED) is 0.326. The predicted octanol–water partition coefficient (Wildman–Crippen LogP) is 2.95. The van der Waals surface area contributed by atoms with Crippen molar-refractivity contribution in [1.82, 2.24) is 15.1 Å². The summed E-state index contributed by atoms with van der Waals surface area (Å²) >= 11 is 0. The summed E-state index contributed by atoms with van der Waals surface area (Å²) in [4.78, 5) is 28.8. The number of likely N-dealkylation sites (N-methyl/N-ethyl adjacent to an activating group) is 1. The van der Waals surface area contributed by atoms with Gasteiger partial charge in [0.15, 0.2) is 0 Å². The number of alkyl carbamates (subject to hydrolysis) is 1. The fourth-order valence-electron chi connectivity index (χ4n) is 5.98. The van der Waals surface area contributed by atoms with E-state index in [1.807, 2.05) is 0 Å². The molecular formula is C27H45N3O7. The van der Waals surface area contributed by atoms with Gasteiger partial charge in [0.1, 0.15) is 29.5 Å². The highest BCUT2D eigenvalue weighted by molar-refractivity contribution is 5.70. The molecule has 1 N–H and O–H groups in total. The van der Waals surface area contributed by atoms with E-state index in [-0.39, 0.29) is 41.5 Å². The van der Waals surface area contributed by atoms with Crippen molar-refractivity contribution in [2.45, 2.75) is 89.5 Å². The number of allylic oxidation sites excluding steroid dienone is 1. The van der Waals surface area contributed by atoms with Crippen molar-refractivity contribution in [2.24, 2.45) is 5.92 Å². The summed E-state index contributed by atoms with van der Waals surface area (Å²) in [5.74, 6) is -0.0142. The first-order chi connectivity index (χ1) is 17.7. The lowest BCUT2D eigenvalue weighted by atomic mass is 9.68. The number of ether oxygens (including phenoxy) is 5. The van der Waals surface area contributed by atoms with E-state index >= 15 is 0 Å². The number of nitrogens with one attached hydrogen (secondary N) is 1. The summed E-state index contributed by atoms with van der Waals surface area (Å²) in [7, 11) is 1.67. The third-order valence-corrected chi connectivity index (χ3v) is 8.46. The number of likely N-dealkylation sites (tertiary alicyclic amines) is 1. The van der Waals surface area contributed by atoms with Crippen LogP contribution in [0, 0.1) is 5.92 Å². The fraction of sp³-hybridized carbons (Fsp3) is 0.852. The van der Waals surface area contributed by atoms with Crippen LogP contribution in [0.25, 0.3) is 0 Å². The molecule has 1 saturated carbocycles. The Morgan fingerprint density at radius 3 is 2.49 bits per heavy atom. The van der Waals surface area contributed by atoms with Gasteiger partial charge in [0, 0.05) is 20.2 Å². The number of hydrogen-bond donors (Lipinski definition) is 1. The van der Waals surface area contributed by atoms with E-state index in [2.05, 4.69) is 50.9 Å². The number of carbonyl (C=O) groups excluding carboxylic acids is 2. The summed E-state index contributed by atoms with van der Waals surface area (Å²) in [6, 6.07) is 0. The molecule has 3 heterocycles. The van der Waals surface area contributed by atoms with Gasteiger partial charge < -0.3 is 38.8 Å². The van der Waals surface area contributed by atoms with E-state index in [0.29, 0.717) is 32.7 Å². The number of amides is 2. The minimum Gasteiger partial charge on any atom is -0.443 e. The number of methoxy groups -OCH3 is 1. The molecule has 6 atom stereocenters. The molecule has 2 amide bonds. The summed E-state index contributed by atoms with van der Waals surface area (Å²) in [6.45, 7) is 15.0. The first-order valence-corrected chi connectivity index (χ1v) is 13.8. The lowest BCUT2D eigenvalue weighted by molar-refractivity contribution is -0.126. The van der Waals surface area contributed by atoms with E-state index in [4.69, 9.17) is 23.7 Å². The van der Waals surface area contributed by atoms with Crippen molar-refractivity contribution in [3.05, 3.63) is 11.6 Å². The molecule has 10 heteroatoms. The maximum atomic E-state index is 12.9. The molecule has 0 radical (unpaired) electrons. The standard InChI is InChI=1S/C27H45N3O7/c1-7-29(8-2)14-13-28-24(31)35-19-15-30(16-19)25(32)36-20-11-12-27(17-34-27)23(22(20)33-6)26(5)21(37-26)10-9-18(3)4/h9,19-23H,7-8,10-17H2,1-6H3,(H,28,31)/t20?,21-,22?,23?,26+,27?/m1/s1. The molecule has 1 spiro atoms. The van der Waals surface area contributed by atoms with E-state index in [9.17, 15) is 9.59 Å². The Morgan fingerprint density at radius 1 is 1.19 bits per heavy atom. The van der Waals surface area contributed by atoms with Crippen LogP contribution in [0.15, 0.2) is 11.6 Å². The molecule has 10 nitrogen and oxygen atoms in total. The zero-order valence-electron chi connectivity index (χ0n) is 23.3. The minimum absolute atomic E-state index is 0.0142. The molecule has 4 fully saturated rings. The van der Waals surface area contributed by atoms with Crippen LogP contribution in [0.4, 0.5) is 9.59 Å². The largest absolute Gasteiger partial charge is 0.443 e. The highest BCUT2D eigenvalue weighted by Gasteiger charge is 2.72. The van der Waals surface area contributed by atoms with Crippen molar-refractivity contribution in [1.29, 1.82) is 0 Å². The Morgan fingerprint density at radius 2 is 1.89 bits per heavy atom. The van der Waals surface area contributed by atoms with Crippen molar-refractivity contribution < 1.29 is 33.3 Å². The molecule has 4 unspecified atom stereocenters. The topological polar surface area (TPSA) is 105 Å². The normalized spacial score (nSPS) is 34.6. The maximum absolute atomic E-state index is 12.9. The van der Waals surface area contributed by atoms with Gasteiger partial charge in [-0.2, -0.15) is 0 Å². The van der Waals surface area contributed by atoms with Crippen molar-refractivity contribution >= 4 is 12.2 Å². The smallest absolute Gasteiger partial charge is 0.410 e. The molecular weight excluding hydrogens is 478 g/mol. The first kappa shape index (κ1) is 28.1. The molecule has 1 aliphatic carbocycles. The van der Waals surface area contributed by atoms with Gasteiger partial charge in [-0.1, -0.05) is 25.5 Å². The number of epoxide rings is 2. The Kier molecular flexibility index (Phi) is 8.72. The molecule has 4 aliphatic rings. The van der Waals surface area contributed by atoms with Gasteiger partial charge in [-0.05, 0) is 53.1 Å². The van der Waals surface area contributed by atoms with Crippen LogP contribution in [0.1, 0.15) is 53.9 Å². The molecule has 0 aromatic rings. The van der Waals surface area contributed by atoms with Crippen LogP contribution < -0.4 is 5.32 Å². The fourth-order valence-corrected chi connectivity index (χ4v) is 5.98. The third-order valence-electron chi connectivity index (χ3n) is 8.46. The Labute approximate surface area is 220 Å². The van der Waals surface area contributed by atoms with E-state index in [1.165, 1.54) is 5.57 Å². The second kappa shape index (κ2) is 11.5. The zero-order valence-corrected chi connectivity index (χ0v) is 23.3. The Bertz CT molecular complexity index is 849. The van der Waals surface area contributed by atoms with Crippen molar-refractivity contribution in [3.63, 3.8) is 0 Å². The second-order valence-electron chi connectivity index (χ2n) is 11.2. The van der Waals surface area contributed by atoms with E-state index < -0.39 is 12.2 Å². The SMILES string of the molecule is CCN(CC)CCNC(=O)OC1CN(C(=O)OC2CCC3(CO3)C([C@@]3(C)O[C@@H]3CC=C(C)C)C2OC)C1. The van der Waals surface area contributed by atoms with Crippen LogP contribution in [0.3, 0.4) is 0 Å². The van der Waals surface area contributed by atoms with Gasteiger partial charge in [-0.25, -0.2) is 9.59 Å². The molecule has 0 bridgehead atoms. The molecule has 210 valence electrons. The number of nitrogens with zero attached hydrogens (tertiary/aromatic N) is 2. The average Bonchev–Trinajstić information content (AvgIpc) is 3.75. The maximum Gasteiger partial charge on any atom is 0.410 e. The summed E-state index contributed by atoms with van der Waals surface area (Å²) < 4.78 is 29.5. The lowest BCUT2D eigenvalue weighted by Gasteiger charge is -2.44. The van der Waals surface area contributed by atoms with Gasteiger partial charge >= 0.3 is 12.2 Å². The zero-order chi connectivity index (χ0) is 26.8. The highest BCUT2D eigenvalue weighted by atomic mass is 16.6. The molecule has 3 saturated heterocycles. The third kappa shape index (κ3) is 6.24. The molecule has 37 heavy (non-hydrogen) atoms. The van der Waals surface area contributed by atoms with Crippen LogP contribution in [-0.2, 0) is 23.7 Å². The number of hydrogen-bond acceptors (Lipinski definition) is 8. The van der Waals surface area contributed by atoms with Crippen LogP contribution in [0.5, 0.6) is 0 Å². The number of carbonyl (C=O) groups is 2. The van der Waals surface area contributed by atoms with E-state index in [0.717, 1.165) is 32.5 Å². The van der Waals surface area contributed by atoms with Crippen molar-refractivity contribution in [3.8, 4) is 0 Å². The number of rotatable bonds is 11. The first-order valence-electron chi connectivity index (χ1n) is 13.8. The molecule has 0 aromatic heterocycles. The van der Waals surface area contributed by atoms with Gasteiger partial charge in [-0.3, -0.25) is 0 Å². The van der Waals surface area contributed by atoms with E-state index in [1.54, 1.807) is 12.0 Å². The molecule has 3 aliphatic heterocycles. The monoisotopic (exact) mass is 523 g/mol. The van der Waals surface area contributed by atoms with Crippen molar-refractivity contribution in [2.75, 3.05) is 53.0 Å². The second-order valence-corrected chi connectivity index (χ2v) is 11.2. The Balaban J connectivity index is 1.25. The van der Waals surface area contributed by atoms with Gasteiger partial charge in [0.25, 0.3) is 0 Å². The molecule has 4 rings (SSSR count). The Hall–Kier alpha value is -1.88. The predicted molar refractivity (Wildman–Crippen MR) is 137 cm³/mol. The lowest BCUT2D eigenvalue weighted by Crippen LogP contribution is -2.59. The van der Waals surface area contributed by atoms with Crippen LogP contribution in [0.2, 0.25) is 0 Å². The summed E-state index contributed by atoms with van der Waals surface area (Å²) in [5.41, 5.74) is 0.637. The van der Waals surface area contributed by atoms with Crippen LogP contribution in [-0.4, -0.2) is 111 Å². The van der Waals surface area contributed by atoms with Gasteiger partial charge in [-0.15, -0.1) is 0 Å². The van der Waals surface area contributed by atoms with Gasteiger partial charge in [0.05, 0.1) is 31.7 Å².